The molecule has 0 amide bonds. The number of carbonyl (C=O) groups is 1. The van der Waals surface area contributed by atoms with Crippen molar-refractivity contribution < 1.29 is 4.79 Å². The lowest BCUT2D eigenvalue weighted by Crippen LogP contribution is -1.98. The Hall–Kier alpha value is -1.63. The van der Waals surface area contributed by atoms with Crippen molar-refractivity contribution in [3.05, 3.63) is 60.7 Å². The van der Waals surface area contributed by atoms with Crippen LogP contribution in [0.15, 0.2) is 55.1 Å². The maximum absolute atomic E-state index is 10.4. The van der Waals surface area contributed by atoms with Crippen LogP contribution in [0.25, 0.3) is 0 Å². The number of hydrogen-bond acceptors (Lipinski definition) is 1. The van der Waals surface area contributed by atoms with Crippen molar-refractivity contribution in [3.8, 4) is 0 Å². The number of allylic oxidation sites excluding steroid dienone is 3. The molecular formula is C15H18O. The zero-order chi connectivity index (χ0) is 11.6. The minimum Gasteiger partial charge on any atom is -0.303 e. The minimum absolute atomic E-state index is 0.433. The molecule has 0 aromatic heterocycles. The molecule has 1 unspecified atom stereocenters. The van der Waals surface area contributed by atoms with Gasteiger partial charge < -0.3 is 4.79 Å². The van der Waals surface area contributed by atoms with Gasteiger partial charge >= 0.3 is 0 Å². The fraction of sp³-hybridized carbons (Fsp3) is 0.267. The lowest BCUT2D eigenvalue weighted by atomic mass is 9.91. The molecule has 0 N–H and O–H groups in total. The highest BCUT2D eigenvalue weighted by molar-refractivity contribution is 5.49. The molecule has 1 heteroatoms. The average Bonchev–Trinajstić information content (AvgIpc) is 2.35. The Bertz CT molecular complexity index is 338. The van der Waals surface area contributed by atoms with Gasteiger partial charge in [0.25, 0.3) is 0 Å². The SMILES string of the molecule is C=C/C=C/CC(CCC=O)c1ccccc1. The van der Waals surface area contributed by atoms with Crippen molar-refractivity contribution in [1.29, 1.82) is 0 Å². The third kappa shape index (κ3) is 4.26. The van der Waals surface area contributed by atoms with Crippen LogP contribution in [0.1, 0.15) is 30.7 Å². The first-order valence-corrected chi connectivity index (χ1v) is 5.64. The topological polar surface area (TPSA) is 17.1 Å². The molecule has 0 aliphatic carbocycles. The first-order chi connectivity index (χ1) is 7.88. The van der Waals surface area contributed by atoms with Crippen LogP contribution in [-0.4, -0.2) is 6.29 Å². The van der Waals surface area contributed by atoms with Crippen LogP contribution in [-0.2, 0) is 4.79 Å². The molecule has 0 fully saturated rings. The van der Waals surface area contributed by atoms with Crippen molar-refractivity contribution in [2.24, 2.45) is 0 Å². The second-order valence-electron chi connectivity index (χ2n) is 3.75. The quantitative estimate of drug-likeness (QED) is 0.497. The molecule has 0 aliphatic heterocycles. The number of hydrogen-bond donors (Lipinski definition) is 0. The molecule has 16 heavy (non-hydrogen) atoms. The smallest absolute Gasteiger partial charge is 0.120 e. The van der Waals surface area contributed by atoms with E-state index in [4.69, 9.17) is 0 Å². The van der Waals surface area contributed by atoms with Crippen LogP contribution < -0.4 is 0 Å². The maximum atomic E-state index is 10.4. The van der Waals surface area contributed by atoms with E-state index in [0.717, 1.165) is 19.1 Å². The first kappa shape index (κ1) is 12.4. The van der Waals surface area contributed by atoms with Crippen molar-refractivity contribution in [3.63, 3.8) is 0 Å². The standard InChI is InChI=1S/C15H18O/c1-2-3-5-9-15(12-8-13-16)14-10-6-4-7-11-14/h2-7,10-11,13,15H,1,8-9,12H2/b5-3+. The van der Waals surface area contributed by atoms with Crippen LogP contribution in [0.2, 0.25) is 0 Å². The van der Waals surface area contributed by atoms with E-state index >= 15 is 0 Å². The summed E-state index contributed by atoms with van der Waals surface area (Å²) in [5.74, 6) is 0.433. The van der Waals surface area contributed by atoms with E-state index in [1.165, 1.54) is 5.56 Å². The Balaban J connectivity index is 2.66. The van der Waals surface area contributed by atoms with Gasteiger partial charge in [-0.05, 0) is 24.3 Å². The summed E-state index contributed by atoms with van der Waals surface area (Å²) in [5, 5.41) is 0. The maximum Gasteiger partial charge on any atom is 0.120 e. The Morgan fingerprint density at radius 1 is 1.25 bits per heavy atom. The first-order valence-electron chi connectivity index (χ1n) is 5.64. The van der Waals surface area contributed by atoms with Gasteiger partial charge in [0.15, 0.2) is 0 Å². The zero-order valence-electron chi connectivity index (χ0n) is 9.51. The summed E-state index contributed by atoms with van der Waals surface area (Å²) in [4.78, 5) is 10.4. The molecule has 1 rings (SSSR count). The van der Waals surface area contributed by atoms with Crippen LogP contribution in [0, 0.1) is 0 Å². The molecule has 1 nitrogen and oxygen atoms in total. The van der Waals surface area contributed by atoms with Gasteiger partial charge in [-0.15, -0.1) is 0 Å². The molecule has 0 bridgehead atoms. The lowest BCUT2D eigenvalue weighted by molar-refractivity contribution is -0.108. The van der Waals surface area contributed by atoms with Gasteiger partial charge in [-0.25, -0.2) is 0 Å². The van der Waals surface area contributed by atoms with Crippen molar-refractivity contribution in [2.45, 2.75) is 25.2 Å². The summed E-state index contributed by atoms with van der Waals surface area (Å²) in [5.41, 5.74) is 1.30. The summed E-state index contributed by atoms with van der Waals surface area (Å²) in [6, 6.07) is 10.3. The van der Waals surface area contributed by atoms with Crippen molar-refractivity contribution in [1.82, 2.24) is 0 Å². The van der Waals surface area contributed by atoms with Crippen LogP contribution in [0.4, 0.5) is 0 Å². The van der Waals surface area contributed by atoms with Crippen LogP contribution in [0.5, 0.6) is 0 Å². The molecule has 0 saturated carbocycles. The lowest BCUT2D eigenvalue weighted by Gasteiger charge is -2.13. The van der Waals surface area contributed by atoms with Crippen molar-refractivity contribution >= 4 is 6.29 Å². The Labute approximate surface area is 97.5 Å². The second-order valence-corrected chi connectivity index (χ2v) is 3.75. The number of benzene rings is 1. The zero-order valence-corrected chi connectivity index (χ0v) is 9.51. The van der Waals surface area contributed by atoms with Gasteiger partial charge in [0.05, 0.1) is 0 Å². The highest BCUT2D eigenvalue weighted by Crippen LogP contribution is 2.24. The molecular weight excluding hydrogens is 196 g/mol. The monoisotopic (exact) mass is 214 g/mol. The van der Waals surface area contributed by atoms with E-state index in [0.29, 0.717) is 12.3 Å². The summed E-state index contributed by atoms with van der Waals surface area (Å²) >= 11 is 0. The third-order valence-corrected chi connectivity index (χ3v) is 2.60. The normalized spacial score (nSPS) is 12.5. The molecule has 0 spiro atoms. The summed E-state index contributed by atoms with van der Waals surface area (Å²) in [7, 11) is 0. The molecule has 1 atom stereocenters. The molecule has 0 saturated heterocycles. The molecule has 0 radical (unpaired) electrons. The summed E-state index contributed by atoms with van der Waals surface area (Å²) in [6.45, 7) is 3.65. The fourth-order valence-electron chi connectivity index (χ4n) is 1.75. The summed E-state index contributed by atoms with van der Waals surface area (Å²) < 4.78 is 0. The van der Waals surface area contributed by atoms with Gasteiger partial charge in [-0.2, -0.15) is 0 Å². The van der Waals surface area contributed by atoms with E-state index < -0.39 is 0 Å². The fourth-order valence-corrected chi connectivity index (χ4v) is 1.75. The number of aldehydes is 1. The Morgan fingerprint density at radius 3 is 2.62 bits per heavy atom. The predicted molar refractivity (Wildman–Crippen MR) is 68.4 cm³/mol. The van der Waals surface area contributed by atoms with Crippen LogP contribution in [0.3, 0.4) is 0 Å². The van der Waals surface area contributed by atoms with Gasteiger partial charge in [-0.3, -0.25) is 0 Å². The third-order valence-electron chi connectivity index (χ3n) is 2.60. The van der Waals surface area contributed by atoms with E-state index in [9.17, 15) is 4.79 Å². The molecule has 0 heterocycles. The van der Waals surface area contributed by atoms with Gasteiger partial charge in [0.1, 0.15) is 6.29 Å². The van der Waals surface area contributed by atoms with E-state index in [-0.39, 0.29) is 0 Å². The van der Waals surface area contributed by atoms with E-state index in [1.807, 2.05) is 24.3 Å². The number of rotatable bonds is 7. The molecule has 1 aromatic carbocycles. The second kappa shape index (κ2) is 7.63. The van der Waals surface area contributed by atoms with E-state index in [1.54, 1.807) is 6.08 Å². The highest BCUT2D eigenvalue weighted by atomic mass is 16.1. The molecule has 0 aliphatic rings. The van der Waals surface area contributed by atoms with Crippen molar-refractivity contribution in [2.75, 3.05) is 0 Å². The Morgan fingerprint density at radius 2 is 2.00 bits per heavy atom. The minimum atomic E-state index is 0.433. The Kier molecular flexibility index (Phi) is 5.94. The molecule has 84 valence electrons. The number of carbonyl (C=O) groups excluding carboxylic acids is 1. The van der Waals surface area contributed by atoms with E-state index in [2.05, 4.69) is 24.8 Å². The highest BCUT2D eigenvalue weighted by Gasteiger charge is 2.08. The summed E-state index contributed by atoms with van der Waals surface area (Å²) in [6.07, 6.45) is 9.33. The van der Waals surface area contributed by atoms with Gasteiger partial charge in [0, 0.05) is 6.42 Å². The predicted octanol–water partition coefficient (Wildman–Crippen LogP) is 3.88. The average molecular weight is 214 g/mol. The van der Waals surface area contributed by atoms with Gasteiger partial charge in [-0.1, -0.05) is 55.1 Å². The molecule has 1 aromatic rings. The van der Waals surface area contributed by atoms with Gasteiger partial charge in [0.2, 0.25) is 0 Å². The largest absolute Gasteiger partial charge is 0.303 e. The van der Waals surface area contributed by atoms with Crippen LogP contribution >= 0.6 is 0 Å².